The van der Waals surface area contributed by atoms with Gasteiger partial charge in [-0.05, 0) is 42.9 Å². The van der Waals surface area contributed by atoms with Gasteiger partial charge in [0.25, 0.3) is 0 Å². The van der Waals surface area contributed by atoms with Crippen LogP contribution in [0.25, 0.3) is 0 Å². The van der Waals surface area contributed by atoms with Crippen LogP contribution < -0.4 is 5.32 Å². The number of piperidine rings is 1. The van der Waals surface area contributed by atoms with Crippen LogP contribution in [0.3, 0.4) is 0 Å². The summed E-state index contributed by atoms with van der Waals surface area (Å²) in [6.07, 6.45) is 3.12. The third kappa shape index (κ3) is 6.54. The number of aliphatic imine (C=N–C) groups is 1. The van der Waals surface area contributed by atoms with E-state index in [0.29, 0.717) is 36.4 Å². The molecule has 1 N–H and O–H groups in total. The molecule has 2 aliphatic heterocycles. The van der Waals surface area contributed by atoms with Gasteiger partial charge in [0.15, 0.2) is 5.96 Å². The maximum Gasteiger partial charge on any atom is 0.243 e. The summed E-state index contributed by atoms with van der Waals surface area (Å²) in [5.74, 6) is 1.79. The molecule has 0 aromatic heterocycles. The largest absolute Gasteiger partial charge is 0.381 e. The lowest BCUT2D eigenvalue weighted by atomic mass is 10.0. The highest BCUT2D eigenvalue weighted by Gasteiger charge is 2.28. The summed E-state index contributed by atoms with van der Waals surface area (Å²) in [5.41, 5.74) is 1.02. The zero-order valence-electron chi connectivity index (χ0n) is 18.2. The van der Waals surface area contributed by atoms with Crippen molar-refractivity contribution in [2.75, 3.05) is 46.9 Å². The van der Waals surface area contributed by atoms with E-state index in [-0.39, 0.29) is 24.0 Å². The molecule has 2 aliphatic rings. The van der Waals surface area contributed by atoms with Crippen LogP contribution in [0.4, 0.5) is 0 Å². The van der Waals surface area contributed by atoms with Crippen LogP contribution >= 0.6 is 24.0 Å². The number of benzene rings is 1. The molecule has 30 heavy (non-hydrogen) atoms. The van der Waals surface area contributed by atoms with Crippen LogP contribution in [0, 0.1) is 11.8 Å². The highest BCUT2D eigenvalue weighted by molar-refractivity contribution is 14.0. The first-order chi connectivity index (χ1) is 13.9. The highest BCUT2D eigenvalue weighted by atomic mass is 127. The number of nitrogens with one attached hydrogen (secondary N) is 1. The zero-order valence-corrected chi connectivity index (χ0v) is 21.4. The minimum Gasteiger partial charge on any atom is -0.381 e. The van der Waals surface area contributed by atoms with Crippen molar-refractivity contribution in [3.05, 3.63) is 29.8 Å². The second-order valence-corrected chi connectivity index (χ2v) is 10.2. The van der Waals surface area contributed by atoms with Gasteiger partial charge in [0.05, 0.1) is 11.5 Å². The molecule has 2 atom stereocenters. The van der Waals surface area contributed by atoms with Gasteiger partial charge in [-0.15, -0.1) is 24.0 Å². The van der Waals surface area contributed by atoms with E-state index in [1.807, 2.05) is 19.2 Å². The Balaban J connectivity index is 0.00000320. The van der Waals surface area contributed by atoms with Crippen molar-refractivity contribution in [2.24, 2.45) is 16.8 Å². The van der Waals surface area contributed by atoms with Gasteiger partial charge < -0.3 is 15.0 Å². The summed E-state index contributed by atoms with van der Waals surface area (Å²) >= 11 is 0. The Kier molecular flexibility index (Phi) is 9.83. The van der Waals surface area contributed by atoms with Crippen LogP contribution in [-0.4, -0.2) is 70.5 Å². The van der Waals surface area contributed by atoms with Crippen LogP contribution in [0.5, 0.6) is 0 Å². The lowest BCUT2D eigenvalue weighted by Gasteiger charge is -2.30. The van der Waals surface area contributed by atoms with Gasteiger partial charge in [-0.1, -0.05) is 19.1 Å². The Bertz CT molecular complexity index is 795. The fourth-order valence-corrected chi connectivity index (χ4v) is 5.66. The Morgan fingerprint density at radius 2 is 2.03 bits per heavy atom. The van der Waals surface area contributed by atoms with Crippen molar-refractivity contribution in [3.63, 3.8) is 0 Å². The second kappa shape index (κ2) is 11.6. The standard InChI is InChI=1S/C21H34N4O3S.HI/c1-17-5-4-11-25(14-17)29(26,27)20-8-6-18(7-9-20)13-23-21(22-2)24(3)15-19-10-12-28-16-19;/h6-9,17,19H,4-5,10-16H2,1-3H3,(H,22,23);1H. The second-order valence-electron chi connectivity index (χ2n) is 8.27. The lowest BCUT2D eigenvalue weighted by Crippen LogP contribution is -2.41. The third-order valence-electron chi connectivity index (χ3n) is 5.76. The van der Waals surface area contributed by atoms with Crippen molar-refractivity contribution in [3.8, 4) is 0 Å². The van der Waals surface area contributed by atoms with E-state index in [4.69, 9.17) is 4.74 Å². The first-order valence-electron chi connectivity index (χ1n) is 10.5. The molecule has 0 spiro atoms. The minimum absolute atomic E-state index is 0. The molecule has 0 bridgehead atoms. The average molecular weight is 551 g/mol. The van der Waals surface area contributed by atoms with E-state index in [1.165, 1.54) is 0 Å². The Hall–Kier alpha value is -0.910. The molecule has 2 saturated heterocycles. The predicted octanol–water partition coefficient (Wildman–Crippen LogP) is 2.77. The topological polar surface area (TPSA) is 74.2 Å². The van der Waals surface area contributed by atoms with E-state index in [9.17, 15) is 8.42 Å². The fourth-order valence-electron chi connectivity index (χ4n) is 4.06. The third-order valence-corrected chi connectivity index (χ3v) is 7.64. The molecule has 170 valence electrons. The van der Waals surface area contributed by atoms with Crippen LogP contribution in [-0.2, 0) is 21.3 Å². The number of hydrogen-bond donors (Lipinski definition) is 1. The molecule has 1 aromatic rings. The van der Waals surface area contributed by atoms with Crippen LogP contribution in [0.2, 0.25) is 0 Å². The molecule has 3 rings (SSSR count). The zero-order chi connectivity index (χ0) is 20.9. The molecule has 0 amide bonds. The van der Waals surface area contributed by atoms with Crippen LogP contribution in [0.1, 0.15) is 31.7 Å². The summed E-state index contributed by atoms with van der Waals surface area (Å²) in [4.78, 5) is 6.85. The van der Waals surface area contributed by atoms with Gasteiger partial charge in [0.1, 0.15) is 0 Å². The lowest BCUT2D eigenvalue weighted by molar-refractivity contribution is 0.181. The van der Waals surface area contributed by atoms with Gasteiger partial charge in [0, 0.05) is 52.8 Å². The van der Waals surface area contributed by atoms with Gasteiger partial charge in [0.2, 0.25) is 10.0 Å². The quantitative estimate of drug-likeness (QED) is 0.335. The van der Waals surface area contributed by atoms with Crippen molar-refractivity contribution in [1.82, 2.24) is 14.5 Å². The normalized spacial score (nSPS) is 23.1. The van der Waals surface area contributed by atoms with E-state index < -0.39 is 10.0 Å². The van der Waals surface area contributed by atoms with Gasteiger partial charge in [-0.3, -0.25) is 4.99 Å². The number of guanidine groups is 1. The van der Waals surface area contributed by atoms with Gasteiger partial charge in [-0.25, -0.2) is 8.42 Å². The summed E-state index contributed by atoms with van der Waals surface area (Å²) in [6.45, 7) is 6.50. The molecule has 2 unspecified atom stereocenters. The fraction of sp³-hybridized carbons (Fsp3) is 0.667. The number of nitrogens with zero attached hydrogens (tertiary/aromatic N) is 3. The van der Waals surface area contributed by atoms with Crippen molar-refractivity contribution in [1.29, 1.82) is 0 Å². The Labute approximate surface area is 198 Å². The number of sulfonamides is 1. The molecule has 2 heterocycles. The van der Waals surface area contributed by atoms with E-state index in [0.717, 1.165) is 50.5 Å². The smallest absolute Gasteiger partial charge is 0.243 e. The monoisotopic (exact) mass is 550 g/mol. The summed E-state index contributed by atoms with van der Waals surface area (Å²) in [6, 6.07) is 7.19. The molecule has 9 heteroatoms. The molecule has 1 aromatic carbocycles. The SMILES string of the molecule is CN=C(NCc1ccc(S(=O)(=O)N2CCCC(C)C2)cc1)N(C)CC1CCOC1.I. The van der Waals surface area contributed by atoms with Gasteiger partial charge >= 0.3 is 0 Å². The van der Waals surface area contributed by atoms with E-state index in [1.54, 1.807) is 23.5 Å². The number of rotatable bonds is 6. The number of hydrogen-bond acceptors (Lipinski definition) is 4. The maximum atomic E-state index is 12.9. The van der Waals surface area contributed by atoms with Gasteiger partial charge in [-0.2, -0.15) is 4.31 Å². The first-order valence-corrected chi connectivity index (χ1v) is 11.9. The van der Waals surface area contributed by atoms with Crippen molar-refractivity contribution in [2.45, 2.75) is 37.6 Å². The molecule has 2 fully saturated rings. The predicted molar refractivity (Wildman–Crippen MR) is 131 cm³/mol. The number of ether oxygens (including phenoxy) is 1. The molecule has 0 aliphatic carbocycles. The average Bonchev–Trinajstić information content (AvgIpc) is 3.22. The molecule has 0 radical (unpaired) electrons. The molecular formula is C21H35IN4O3S. The molecule has 0 saturated carbocycles. The summed E-state index contributed by atoms with van der Waals surface area (Å²) in [7, 11) is 0.402. The summed E-state index contributed by atoms with van der Waals surface area (Å²) < 4.78 is 32.8. The maximum absolute atomic E-state index is 12.9. The summed E-state index contributed by atoms with van der Waals surface area (Å²) in [5, 5.41) is 3.36. The Morgan fingerprint density at radius 3 is 2.63 bits per heavy atom. The highest BCUT2D eigenvalue weighted by Crippen LogP contribution is 2.23. The number of halogens is 1. The van der Waals surface area contributed by atoms with Crippen molar-refractivity contribution < 1.29 is 13.2 Å². The van der Waals surface area contributed by atoms with E-state index in [2.05, 4.69) is 22.1 Å². The van der Waals surface area contributed by atoms with Crippen molar-refractivity contribution >= 4 is 40.0 Å². The van der Waals surface area contributed by atoms with Crippen LogP contribution in [0.15, 0.2) is 34.2 Å². The van der Waals surface area contributed by atoms with E-state index >= 15 is 0 Å². The molecular weight excluding hydrogens is 515 g/mol. The molecule has 7 nitrogen and oxygen atoms in total. The minimum atomic E-state index is -3.41. The Morgan fingerprint density at radius 1 is 1.30 bits per heavy atom. The first kappa shape index (κ1) is 25.4.